The maximum Gasteiger partial charge on any atom is 0.395 e. The van der Waals surface area contributed by atoms with Crippen LogP contribution in [0, 0.1) is 0 Å². The van der Waals surface area contributed by atoms with Crippen LogP contribution in [-0.2, 0) is 11.2 Å². The molecule has 96 valence electrons. The van der Waals surface area contributed by atoms with Gasteiger partial charge < -0.3 is 11.1 Å². The summed E-state index contributed by atoms with van der Waals surface area (Å²) < 4.78 is 36.1. The lowest BCUT2D eigenvalue weighted by Crippen LogP contribution is -2.23. The fourth-order valence-electron chi connectivity index (χ4n) is 1.01. The van der Waals surface area contributed by atoms with Gasteiger partial charge in [0.25, 0.3) is 0 Å². The van der Waals surface area contributed by atoms with Crippen molar-refractivity contribution in [3.8, 4) is 0 Å². The molecule has 0 spiro atoms. The van der Waals surface area contributed by atoms with E-state index in [0.29, 0.717) is 11.3 Å². The Morgan fingerprint density at radius 3 is 2.71 bits per heavy atom. The molecule has 0 aliphatic rings. The van der Waals surface area contributed by atoms with Crippen LogP contribution in [0.3, 0.4) is 0 Å². The third-order valence-electron chi connectivity index (χ3n) is 1.57. The number of nitrogens with zero attached hydrogens (tertiary/aromatic N) is 2. The van der Waals surface area contributed by atoms with E-state index in [1.807, 2.05) is 0 Å². The molecule has 0 bridgehead atoms. The fraction of sp³-hybridized carbons (Fsp3) is 0.625. The zero-order valence-electron chi connectivity index (χ0n) is 8.91. The number of nitrogens with one attached hydrogen (secondary N) is 1. The van der Waals surface area contributed by atoms with E-state index >= 15 is 0 Å². The third-order valence-corrected chi connectivity index (χ3v) is 2.41. The van der Waals surface area contributed by atoms with E-state index in [1.54, 1.807) is 6.92 Å². The molecule has 1 aromatic heterocycles. The topological polar surface area (TPSA) is 80.9 Å². The second-order valence-electron chi connectivity index (χ2n) is 3.52. The molecule has 0 saturated heterocycles. The molecule has 17 heavy (non-hydrogen) atoms. The Morgan fingerprint density at radius 2 is 2.18 bits per heavy atom. The van der Waals surface area contributed by atoms with Crippen molar-refractivity contribution in [1.29, 1.82) is 0 Å². The molecule has 1 heterocycles. The van der Waals surface area contributed by atoms with Crippen LogP contribution >= 0.6 is 11.3 Å². The predicted octanol–water partition coefficient (Wildman–Crippen LogP) is 1.32. The Kier molecular flexibility index (Phi) is 4.40. The molecule has 3 N–H and O–H groups in total. The zero-order valence-corrected chi connectivity index (χ0v) is 9.73. The van der Waals surface area contributed by atoms with Crippen LogP contribution in [0.5, 0.6) is 0 Å². The molecule has 1 unspecified atom stereocenters. The molecule has 0 aliphatic heterocycles. The van der Waals surface area contributed by atoms with E-state index in [2.05, 4.69) is 15.5 Å². The van der Waals surface area contributed by atoms with Gasteiger partial charge >= 0.3 is 6.18 Å². The van der Waals surface area contributed by atoms with Crippen LogP contribution in [0.25, 0.3) is 0 Å². The first kappa shape index (κ1) is 13.8. The van der Waals surface area contributed by atoms with Gasteiger partial charge in [-0.1, -0.05) is 11.3 Å². The number of hydrogen-bond acceptors (Lipinski definition) is 5. The minimum absolute atomic E-state index is 0.0508. The standard InChI is InChI=1S/C8H11F3N4OS/c1-4(12)2-5(16)13-7-15-14-6(17-7)3-8(9,10)11/h4H,2-3,12H2,1H3,(H,13,15,16). The lowest BCUT2D eigenvalue weighted by Gasteiger charge is -2.03. The van der Waals surface area contributed by atoms with Crippen molar-refractivity contribution >= 4 is 22.4 Å². The largest absolute Gasteiger partial charge is 0.395 e. The summed E-state index contributed by atoms with van der Waals surface area (Å²) in [5.41, 5.74) is 5.39. The summed E-state index contributed by atoms with van der Waals surface area (Å²) in [6.07, 6.45) is -5.39. The molecule has 5 nitrogen and oxygen atoms in total. The van der Waals surface area contributed by atoms with Crippen LogP contribution in [0.15, 0.2) is 0 Å². The van der Waals surface area contributed by atoms with E-state index in [0.717, 1.165) is 0 Å². The van der Waals surface area contributed by atoms with Gasteiger partial charge in [0, 0.05) is 12.5 Å². The van der Waals surface area contributed by atoms with Gasteiger partial charge in [0.05, 0.1) is 6.42 Å². The summed E-state index contributed by atoms with van der Waals surface area (Å²) in [7, 11) is 0. The summed E-state index contributed by atoms with van der Waals surface area (Å²) in [5.74, 6) is -0.394. The first-order valence-electron chi connectivity index (χ1n) is 4.71. The summed E-state index contributed by atoms with van der Waals surface area (Å²) in [6.45, 7) is 1.65. The zero-order chi connectivity index (χ0) is 13.1. The van der Waals surface area contributed by atoms with Crippen molar-refractivity contribution in [2.75, 3.05) is 5.32 Å². The molecule has 1 rings (SSSR count). The highest BCUT2D eigenvalue weighted by Crippen LogP contribution is 2.25. The highest BCUT2D eigenvalue weighted by Gasteiger charge is 2.29. The van der Waals surface area contributed by atoms with Crippen molar-refractivity contribution in [2.45, 2.75) is 32.0 Å². The maximum atomic E-state index is 12.0. The molecular weight excluding hydrogens is 257 g/mol. The average Bonchev–Trinajstić information content (AvgIpc) is 2.46. The maximum absolute atomic E-state index is 12.0. The number of alkyl halides is 3. The Hall–Kier alpha value is -1.22. The molecule has 0 saturated carbocycles. The first-order valence-corrected chi connectivity index (χ1v) is 5.52. The number of carbonyl (C=O) groups is 1. The number of nitrogens with two attached hydrogens (primary N) is 1. The normalized spacial score (nSPS) is 13.5. The summed E-state index contributed by atoms with van der Waals surface area (Å²) >= 11 is 0.700. The molecule has 1 aromatic rings. The SMILES string of the molecule is CC(N)CC(=O)Nc1nnc(CC(F)(F)F)s1. The molecule has 0 radical (unpaired) electrons. The molecule has 0 fully saturated rings. The third kappa shape index (κ3) is 5.59. The molecule has 0 aliphatic carbocycles. The number of aromatic nitrogens is 2. The number of carbonyl (C=O) groups excluding carboxylic acids is 1. The first-order chi connectivity index (χ1) is 7.76. The molecule has 9 heteroatoms. The van der Waals surface area contributed by atoms with Gasteiger partial charge in [-0.2, -0.15) is 13.2 Å². The van der Waals surface area contributed by atoms with Gasteiger partial charge in [-0.05, 0) is 6.92 Å². The quantitative estimate of drug-likeness (QED) is 0.863. The van der Waals surface area contributed by atoms with Crippen molar-refractivity contribution in [3.63, 3.8) is 0 Å². The van der Waals surface area contributed by atoms with Gasteiger partial charge in [0.1, 0.15) is 5.01 Å². The number of rotatable bonds is 4. The summed E-state index contributed by atoms with van der Waals surface area (Å²) in [6, 6.07) is -0.322. The number of amides is 1. The predicted molar refractivity (Wildman–Crippen MR) is 56.6 cm³/mol. The van der Waals surface area contributed by atoms with Crippen molar-refractivity contribution in [2.24, 2.45) is 5.73 Å². The number of halogens is 3. The van der Waals surface area contributed by atoms with E-state index in [4.69, 9.17) is 5.73 Å². The molecular formula is C8H11F3N4OS. The highest BCUT2D eigenvalue weighted by atomic mass is 32.1. The number of hydrogen-bond donors (Lipinski definition) is 2. The van der Waals surface area contributed by atoms with Crippen molar-refractivity contribution in [3.05, 3.63) is 5.01 Å². The van der Waals surface area contributed by atoms with Gasteiger partial charge in [0.2, 0.25) is 11.0 Å². The van der Waals surface area contributed by atoms with Gasteiger partial charge in [0.15, 0.2) is 0 Å². The Labute approximate surface area is 99.2 Å². The highest BCUT2D eigenvalue weighted by molar-refractivity contribution is 7.15. The number of anilines is 1. The van der Waals surface area contributed by atoms with Gasteiger partial charge in [-0.25, -0.2) is 0 Å². The van der Waals surface area contributed by atoms with Crippen molar-refractivity contribution < 1.29 is 18.0 Å². The second-order valence-corrected chi connectivity index (χ2v) is 4.58. The van der Waals surface area contributed by atoms with Gasteiger partial charge in [-0.3, -0.25) is 4.79 Å². The fourth-order valence-corrected chi connectivity index (χ4v) is 1.80. The van der Waals surface area contributed by atoms with E-state index in [1.165, 1.54) is 0 Å². The van der Waals surface area contributed by atoms with E-state index in [9.17, 15) is 18.0 Å². The van der Waals surface area contributed by atoms with Crippen LogP contribution in [0.4, 0.5) is 18.3 Å². The lowest BCUT2D eigenvalue weighted by atomic mass is 10.2. The lowest BCUT2D eigenvalue weighted by molar-refractivity contribution is -0.127. The average molecular weight is 268 g/mol. The summed E-state index contributed by atoms with van der Waals surface area (Å²) in [5, 5.41) is 8.98. The Morgan fingerprint density at radius 1 is 1.53 bits per heavy atom. The molecule has 0 aromatic carbocycles. The minimum Gasteiger partial charge on any atom is -0.327 e. The summed E-state index contributed by atoms with van der Waals surface area (Å²) in [4.78, 5) is 11.2. The van der Waals surface area contributed by atoms with Crippen LogP contribution in [0.2, 0.25) is 0 Å². The van der Waals surface area contributed by atoms with Crippen LogP contribution < -0.4 is 11.1 Å². The van der Waals surface area contributed by atoms with Crippen LogP contribution in [-0.4, -0.2) is 28.3 Å². The Bertz CT molecular complexity index is 390. The molecule has 1 atom stereocenters. The second kappa shape index (κ2) is 5.41. The van der Waals surface area contributed by atoms with E-state index in [-0.39, 0.29) is 22.6 Å². The minimum atomic E-state index is -4.33. The molecule has 1 amide bonds. The Balaban J connectivity index is 2.54. The van der Waals surface area contributed by atoms with Crippen molar-refractivity contribution in [1.82, 2.24) is 10.2 Å². The van der Waals surface area contributed by atoms with Gasteiger partial charge in [-0.15, -0.1) is 10.2 Å². The van der Waals surface area contributed by atoms with E-state index < -0.39 is 18.5 Å². The smallest absolute Gasteiger partial charge is 0.327 e. The monoisotopic (exact) mass is 268 g/mol. The van der Waals surface area contributed by atoms with Crippen LogP contribution in [0.1, 0.15) is 18.4 Å².